The molecule has 0 bridgehead atoms. The summed E-state index contributed by atoms with van der Waals surface area (Å²) in [7, 11) is 0. The van der Waals surface area contributed by atoms with Crippen LogP contribution in [0.3, 0.4) is 0 Å². The first kappa shape index (κ1) is 14.1. The molecule has 5 heteroatoms. The number of rotatable bonds is 3. The zero-order valence-corrected chi connectivity index (χ0v) is 12.3. The van der Waals surface area contributed by atoms with Crippen LogP contribution in [0.5, 0.6) is 0 Å². The van der Waals surface area contributed by atoms with E-state index in [9.17, 15) is 4.79 Å². The molecule has 2 unspecified atom stereocenters. The van der Waals surface area contributed by atoms with Gasteiger partial charge in [-0.15, -0.1) is 0 Å². The van der Waals surface area contributed by atoms with Crippen LogP contribution in [0.4, 0.5) is 0 Å². The Labute approximate surface area is 115 Å². The van der Waals surface area contributed by atoms with Gasteiger partial charge in [-0.3, -0.25) is 9.48 Å². The van der Waals surface area contributed by atoms with Crippen LogP contribution in [0.15, 0.2) is 6.07 Å². The third kappa shape index (κ3) is 2.97. The predicted octanol–water partition coefficient (Wildman–Crippen LogP) is 1.29. The summed E-state index contributed by atoms with van der Waals surface area (Å²) in [6.45, 7) is 10.6. The van der Waals surface area contributed by atoms with E-state index in [-0.39, 0.29) is 5.91 Å². The summed E-state index contributed by atoms with van der Waals surface area (Å²) in [6.07, 6.45) is 0.863. The first-order valence-corrected chi connectivity index (χ1v) is 7.17. The van der Waals surface area contributed by atoms with Gasteiger partial charge in [-0.25, -0.2) is 0 Å². The second kappa shape index (κ2) is 5.74. The highest BCUT2D eigenvalue weighted by Crippen LogP contribution is 2.12. The molecule has 1 aromatic rings. The predicted molar refractivity (Wildman–Crippen MR) is 75.2 cm³/mol. The summed E-state index contributed by atoms with van der Waals surface area (Å²) in [5.74, 6) is 0.106. The number of piperazine rings is 1. The van der Waals surface area contributed by atoms with E-state index in [4.69, 9.17) is 0 Å². The lowest BCUT2D eigenvalue weighted by Gasteiger charge is -2.36. The lowest BCUT2D eigenvalue weighted by atomic mass is 10.1. The van der Waals surface area contributed by atoms with Gasteiger partial charge in [-0.1, -0.05) is 6.92 Å². The molecule has 2 atom stereocenters. The van der Waals surface area contributed by atoms with E-state index < -0.39 is 0 Å². The van der Waals surface area contributed by atoms with E-state index in [0.29, 0.717) is 12.1 Å². The second-order valence-corrected chi connectivity index (χ2v) is 5.37. The smallest absolute Gasteiger partial charge is 0.272 e. The van der Waals surface area contributed by atoms with Gasteiger partial charge in [0, 0.05) is 31.7 Å². The number of carbonyl (C=O) groups excluding carboxylic acids is 1. The fraction of sp³-hybridized carbons (Fsp3) is 0.714. The monoisotopic (exact) mass is 264 g/mol. The first-order chi connectivity index (χ1) is 9.05. The van der Waals surface area contributed by atoms with Gasteiger partial charge in [0.2, 0.25) is 0 Å². The molecule has 2 rings (SSSR count). The van der Waals surface area contributed by atoms with Crippen molar-refractivity contribution in [3.63, 3.8) is 0 Å². The maximum Gasteiger partial charge on any atom is 0.272 e. The Balaban J connectivity index is 2.21. The standard InChI is InChI=1S/C14H24N4O/c1-5-12-7-13(18(6-2)16-12)14(19)17-8-10(3)15-11(4)9-17/h7,10-11,15H,5-6,8-9H2,1-4H3. The molecular formula is C14H24N4O. The minimum atomic E-state index is 0.106. The molecule has 0 spiro atoms. The van der Waals surface area contributed by atoms with Gasteiger partial charge in [-0.2, -0.15) is 5.10 Å². The van der Waals surface area contributed by atoms with Crippen molar-refractivity contribution < 1.29 is 4.79 Å². The summed E-state index contributed by atoms with van der Waals surface area (Å²) in [5.41, 5.74) is 1.71. The van der Waals surface area contributed by atoms with Gasteiger partial charge in [0.25, 0.3) is 5.91 Å². The van der Waals surface area contributed by atoms with Crippen LogP contribution < -0.4 is 5.32 Å². The number of hydrogen-bond acceptors (Lipinski definition) is 3. The number of aromatic nitrogens is 2. The Morgan fingerprint density at radius 2 is 2.00 bits per heavy atom. The molecule has 5 nitrogen and oxygen atoms in total. The van der Waals surface area contributed by atoms with Crippen molar-refractivity contribution >= 4 is 5.91 Å². The van der Waals surface area contributed by atoms with Gasteiger partial charge in [0.1, 0.15) is 5.69 Å². The molecular weight excluding hydrogens is 240 g/mol. The van der Waals surface area contributed by atoms with Crippen molar-refractivity contribution in [3.8, 4) is 0 Å². The highest BCUT2D eigenvalue weighted by atomic mass is 16.2. The number of hydrogen-bond donors (Lipinski definition) is 1. The Hall–Kier alpha value is -1.36. The Kier molecular flexibility index (Phi) is 4.24. The average molecular weight is 264 g/mol. The molecule has 1 saturated heterocycles. The van der Waals surface area contributed by atoms with E-state index in [2.05, 4.69) is 31.2 Å². The largest absolute Gasteiger partial charge is 0.334 e. The van der Waals surface area contributed by atoms with Gasteiger partial charge >= 0.3 is 0 Å². The fourth-order valence-corrected chi connectivity index (χ4v) is 2.71. The molecule has 1 aliphatic rings. The van der Waals surface area contributed by atoms with E-state index >= 15 is 0 Å². The van der Waals surface area contributed by atoms with Crippen LogP contribution in [0, 0.1) is 0 Å². The maximum atomic E-state index is 12.6. The summed E-state index contributed by atoms with van der Waals surface area (Å²) < 4.78 is 1.82. The highest BCUT2D eigenvalue weighted by molar-refractivity contribution is 5.92. The first-order valence-electron chi connectivity index (χ1n) is 7.17. The summed E-state index contributed by atoms with van der Waals surface area (Å²) in [5, 5.41) is 7.90. The Bertz CT molecular complexity index is 444. The quantitative estimate of drug-likeness (QED) is 0.895. The summed E-state index contributed by atoms with van der Waals surface area (Å²) >= 11 is 0. The summed E-state index contributed by atoms with van der Waals surface area (Å²) in [6, 6.07) is 2.62. The van der Waals surface area contributed by atoms with Crippen molar-refractivity contribution in [1.29, 1.82) is 0 Å². The molecule has 1 N–H and O–H groups in total. The van der Waals surface area contributed by atoms with Crippen LogP contribution in [0.25, 0.3) is 0 Å². The molecule has 2 heterocycles. The number of amides is 1. The van der Waals surface area contributed by atoms with Crippen LogP contribution in [-0.2, 0) is 13.0 Å². The van der Waals surface area contributed by atoms with Crippen molar-refractivity contribution in [2.45, 2.75) is 52.7 Å². The molecule has 0 aromatic carbocycles. The van der Waals surface area contributed by atoms with Gasteiger partial charge in [-0.05, 0) is 33.3 Å². The van der Waals surface area contributed by atoms with Gasteiger partial charge in [0.05, 0.1) is 5.69 Å². The van der Waals surface area contributed by atoms with Gasteiger partial charge in [0.15, 0.2) is 0 Å². The third-order valence-corrected chi connectivity index (χ3v) is 3.56. The Morgan fingerprint density at radius 1 is 1.37 bits per heavy atom. The van der Waals surface area contributed by atoms with Crippen molar-refractivity contribution in [1.82, 2.24) is 20.0 Å². The van der Waals surface area contributed by atoms with Crippen LogP contribution >= 0.6 is 0 Å². The number of nitrogens with zero attached hydrogens (tertiary/aromatic N) is 3. The highest BCUT2D eigenvalue weighted by Gasteiger charge is 2.27. The Morgan fingerprint density at radius 3 is 2.53 bits per heavy atom. The minimum Gasteiger partial charge on any atom is -0.334 e. The molecule has 0 radical (unpaired) electrons. The lowest BCUT2D eigenvalue weighted by Crippen LogP contribution is -2.56. The zero-order valence-electron chi connectivity index (χ0n) is 12.3. The minimum absolute atomic E-state index is 0.106. The van der Waals surface area contributed by atoms with Crippen molar-refractivity contribution in [3.05, 3.63) is 17.5 Å². The molecule has 106 valence electrons. The molecule has 0 aliphatic carbocycles. The summed E-state index contributed by atoms with van der Waals surface area (Å²) in [4.78, 5) is 14.6. The molecule has 1 amide bonds. The van der Waals surface area contributed by atoms with Crippen molar-refractivity contribution in [2.24, 2.45) is 0 Å². The van der Waals surface area contributed by atoms with E-state index in [1.54, 1.807) is 0 Å². The number of aryl methyl sites for hydroxylation is 2. The van der Waals surface area contributed by atoms with Crippen LogP contribution in [-0.4, -0.2) is 45.8 Å². The maximum absolute atomic E-state index is 12.6. The van der Waals surface area contributed by atoms with Crippen molar-refractivity contribution in [2.75, 3.05) is 13.1 Å². The average Bonchev–Trinajstić information content (AvgIpc) is 2.80. The third-order valence-electron chi connectivity index (χ3n) is 3.56. The lowest BCUT2D eigenvalue weighted by molar-refractivity contribution is 0.0661. The molecule has 1 fully saturated rings. The zero-order chi connectivity index (χ0) is 14.0. The molecule has 0 saturated carbocycles. The van der Waals surface area contributed by atoms with Crippen LogP contribution in [0.1, 0.15) is 43.9 Å². The number of carbonyl (C=O) groups is 1. The second-order valence-electron chi connectivity index (χ2n) is 5.37. The van der Waals surface area contributed by atoms with E-state index in [1.165, 1.54) is 0 Å². The number of nitrogens with one attached hydrogen (secondary N) is 1. The van der Waals surface area contributed by atoms with Crippen LogP contribution in [0.2, 0.25) is 0 Å². The van der Waals surface area contributed by atoms with Gasteiger partial charge < -0.3 is 10.2 Å². The molecule has 1 aliphatic heterocycles. The van der Waals surface area contributed by atoms with E-state index in [0.717, 1.165) is 37.4 Å². The topological polar surface area (TPSA) is 50.2 Å². The fourth-order valence-electron chi connectivity index (χ4n) is 2.71. The SMILES string of the molecule is CCc1cc(C(=O)N2CC(C)NC(C)C2)n(CC)n1. The molecule has 19 heavy (non-hydrogen) atoms. The normalized spacial score (nSPS) is 23.7. The molecule has 1 aromatic heterocycles. The van der Waals surface area contributed by atoms with E-state index in [1.807, 2.05) is 22.6 Å².